The van der Waals surface area contributed by atoms with Gasteiger partial charge in [-0.05, 0) is 60.6 Å². The lowest BCUT2D eigenvalue weighted by atomic mass is 9.87. The molecular weight excluding hydrogens is 172 g/mol. The lowest BCUT2D eigenvalue weighted by Crippen LogP contribution is -2.02. The molecule has 14 heavy (non-hydrogen) atoms. The van der Waals surface area contributed by atoms with Gasteiger partial charge in [-0.15, -0.1) is 0 Å². The highest BCUT2D eigenvalue weighted by Gasteiger charge is 2.14. The normalized spacial score (nSPS) is 15.1. The van der Waals surface area contributed by atoms with Crippen molar-refractivity contribution in [1.29, 1.82) is 0 Å². The average molecular weight is 188 g/mol. The van der Waals surface area contributed by atoms with Crippen molar-refractivity contribution in [2.24, 2.45) is 0 Å². The van der Waals surface area contributed by atoms with E-state index >= 15 is 0 Å². The zero-order valence-electron chi connectivity index (χ0n) is 8.89. The van der Waals surface area contributed by atoms with Gasteiger partial charge in [-0.1, -0.05) is 6.58 Å². The molecule has 0 aromatic heterocycles. The Hall–Kier alpha value is -1.24. The lowest BCUT2D eigenvalue weighted by molar-refractivity contribution is 0.411. The van der Waals surface area contributed by atoms with E-state index in [4.69, 9.17) is 4.74 Å². The minimum absolute atomic E-state index is 0.999. The number of hydrogen-bond acceptors (Lipinski definition) is 1. The van der Waals surface area contributed by atoms with Crippen LogP contribution in [-0.4, -0.2) is 7.11 Å². The van der Waals surface area contributed by atoms with Crippen molar-refractivity contribution in [3.05, 3.63) is 35.4 Å². The lowest BCUT2D eigenvalue weighted by Gasteiger charge is -2.20. The van der Waals surface area contributed by atoms with Gasteiger partial charge in [0, 0.05) is 0 Å². The minimum Gasteiger partial charge on any atom is -0.496 e. The van der Waals surface area contributed by atoms with Crippen molar-refractivity contribution in [3.8, 4) is 5.75 Å². The zero-order chi connectivity index (χ0) is 10.1. The molecule has 0 bridgehead atoms. The van der Waals surface area contributed by atoms with Gasteiger partial charge in [0.1, 0.15) is 5.75 Å². The third-order valence-corrected chi connectivity index (χ3v) is 2.93. The van der Waals surface area contributed by atoms with Crippen LogP contribution in [0.3, 0.4) is 0 Å². The predicted octanol–water partition coefficient (Wildman–Crippen LogP) is 3.35. The number of ether oxygens (including phenoxy) is 1. The highest BCUT2D eigenvalue weighted by molar-refractivity contribution is 5.69. The van der Waals surface area contributed by atoms with Crippen LogP contribution in [-0.2, 0) is 6.42 Å². The molecule has 0 amide bonds. The Bertz CT molecular complexity index is 377. The van der Waals surface area contributed by atoms with E-state index in [1.807, 2.05) is 0 Å². The molecule has 0 radical (unpaired) electrons. The molecule has 0 fully saturated rings. The van der Waals surface area contributed by atoms with Gasteiger partial charge in [-0.25, -0.2) is 0 Å². The highest BCUT2D eigenvalue weighted by Crippen LogP contribution is 2.33. The number of rotatable bonds is 1. The van der Waals surface area contributed by atoms with Crippen LogP contribution in [0.4, 0.5) is 0 Å². The molecule has 0 aliphatic heterocycles. The van der Waals surface area contributed by atoms with Crippen molar-refractivity contribution in [3.63, 3.8) is 0 Å². The van der Waals surface area contributed by atoms with E-state index in [2.05, 4.69) is 25.6 Å². The van der Waals surface area contributed by atoms with Crippen LogP contribution in [0, 0.1) is 6.92 Å². The molecule has 0 atom stereocenters. The summed E-state index contributed by atoms with van der Waals surface area (Å²) in [5.74, 6) is 0.999. The second-order valence-electron chi connectivity index (χ2n) is 3.94. The molecule has 0 saturated carbocycles. The van der Waals surface area contributed by atoms with Crippen LogP contribution in [0.1, 0.15) is 29.5 Å². The van der Waals surface area contributed by atoms with E-state index in [-0.39, 0.29) is 0 Å². The van der Waals surface area contributed by atoms with Crippen molar-refractivity contribution >= 4 is 5.57 Å². The molecular formula is C13H16O. The SMILES string of the molecule is C=C1CCCc2cc(OC)c(C)cc21. The first-order valence-electron chi connectivity index (χ1n) is 5.08. The van der Waals surface area contributed by atoms with Gasteiger partial charge in [0.15, 0.2) is 0 Å². The summed E-state index contributed by atoms with van der Waals surface area (Å²) < 4.78 is 5.32. The number of benzene rings is 1. The molecule has 0 spiro atoms. The van der Waals surface area contributed by atoms with Crippen molar-refractivity contribution in [2.45, 2.75) is 26.2 Å². The standard InChI is InChI=1S/C13H16O/c1-9-5-4-6-11-8-13(14-3)10(2)7-12(9)11/h7-8H,1,4-6H2,2-3H3. The number of allylic oxidation sites excluding steroid dienone is 1. The van der Waals surface area contributed by atoms with Crippen LogP contribution < -0.4 is 4.74 Å². The van der Waals surface area contributed by atoms with Crippen molar-refractivity contribution < 1.29 is 4.74 Å². The van der Waals surface area contributed by atoms with Gasteiger partial charge < -0.3 is 4.74 Å². The Morgan fingerprint density at radius 3 is 2.79 bits per heavy atom. The van der Waals surface area contributed by atoms with Crippen LogP contribution in [0.2, 0.25) is 0 Å². The van der Waals surface area contributed by atoms with Crippen LogP contribution in [0.25, 0.3) is 5.57 Å². The number of methoxy groups -OCH3 is 1. The molecule has 0 N–H and O–H groups in total. The van der Waals surface area contributed by atoms with Gasteiger partial charge in [0.05, 0.1) is 7.11 Å². The van der Waals surface area contributed by atoms with E-state index in [0.717, 1.165) is 18.6 Å². The van der Waals surface area contributed by atoms with Gasteiger partial charge >= 0.3 is 0 Å². The molecule has 0 heterocycles. The summed E-state index contributed by atoms with van der Waals surface area (Å²) in [6.45, 7) is 6.20. The fourth-order valence-electron chi connectivity index (χ4n) is 2.11. The Balaban J connectivity index is 2.54. The monoisotopic (exact) mass is 188 g/mol. The molecule has 0 unspecified atom stereocenters. The quantitative estimate of drug-likeness (QED) is 0.656. The van der Waals surface area contributed by atoms with Gasteiger partial charge in [-0.2, -0.15) is 0 Å². The van der Waals surface area contributed by atoms with Crippen LogP contribution in [0.15, 0.2) is 18.7 Å². The summed E-state index contributed by atoms with van der Waals surface area (Å²) >= 11 is 0. The van der Waals surface area contributed by atoms with Crippen molar-refractivity contribution in [1.82, 2.24) is 0 Å². The van der Waals surface area contributed by atoms with E-state index in [1.54, 1.807) is 7.11 Å². The Kier molecular flexibility index (Phi) is 2.32. The van der Waals surface area contributed by atoms with Crippen LogP contribution >= 0.6 is 0 Å². The van der Waals surface area contributed by atoms with E-state index < -0.39 is 0 Å². The topological polar surface area (TPSA) is 9.23 Å². The van der Waals surface area contributed by atoms with E-state index in [0.29, 0.717) is 0 Å². The minimum atomic E-state index is 0.999. The molecule has 1 aliphatic rings. The molecule has 74 valence electrons. The molecule has 1 heteroatoms. The molecule has 0 saturated heterocycles. The third kappa shape index (κ3) is 1.43. The van der Waals surface area contributed by atoms with E-state index in [9.17, 15) is 0 Å². The maximum absolute atomic E-state index is 5.32. The number of fused-ring (bicyclic) bond motifs is 1. The third-order valence-electron chi connectivity index (χ3n) is 2.93. The molecule has 1 aliphatic carbocycles. The first kappa shape index (κ1) is 9.32. The number of aryl methyl sites for hydroxylation is 2. The molecule has 2 rings (SSSR count). The second-order valence-corrected chi connectivity index (χ2v) is 3.94. The molecule has 1 aromatic carbocycles. The largest absolute Gasteiger partial charge is 0.496 e. The summed E-state index contributed by atoms with van der Waals surface area (Å²) in [6.07, 6.45) is 3.52. The fourth-order valence-corrected chi connectivity index (χ4v) is 2.11. The first-order valence-corrected chi connectivity index (χ1v) is 5.08. The zero-order valence-corrected chi connectivity index (χ0v) is 8.89. The summed E-state index contributed by atoms with van der Waals surface area (Å²) in [4.78, 5) is 0. The Labute approximate surface area is 85.4 Å². The summed E-state index contributed by atoms with van der Waals surface area (Å²) in [6, 6.07) is 4.37. The fraction of sp³-hybridized carbons (Fsp3) is 0.385. The maximum Gasteiger partial charge on any atom is 0.122 e. The van der Waals surface area contributed by atoms with Crippen LogP contribution in [0.5, 0.6) is 5.75 Å². The van der Waals surface area contributed by atoms with Gasteiger partial charge in [0.25, 0.3) is 0 Å². The number of hydrogen-bond donors (Lipinski definition) is 0. The maximum atomic E-state index is 5.32. The molecule has 1 nitrogen and oxygen atoms in total. The first-order chi connectivity index (χ1) is 6.72. The highest BCUT2D eigenvalue weighted by atomic mass is 16.5. The summed E-state index contributed by atoms with van der Waals surface area (Å²) in [7, 11) is 1.73. The Morgan fingerprint density at radius 1 is 1.29 bits per heavy atom. The Morgan fingerprint density at radius 2 is 2.07 bits per heavy atom. The summed E-state index contributed by atoms with van der Waals surface area (Å²) in [5.41, 5.74) is 5.21. The van der Waals surface area contributed by atoms with Gasteiger partial charge in [0.2, 0.25) is 0 Å². The average Bonchev–Trinajstić information content (AvgIpc) is 2.19. The molecule has 1 aromatic rings. The summed E-state index contributed by atoms with van der Waals surface area (Å²) in [5, 5.41) is 0. The predicted molar refractivity (Wildman–Crippen MR) is 59.7 cm³/mol. The van der Waals surface area contributed by atoms with E-state index in [1.165, 1.54) is 28.7 Å². The second kappa shape index (κ2) is 3.49. The smallest absolute Gasteiger partial charge is 0.122 e. The van der Waals surface area contributed by atoms with Crippen molar-refractivity contribution in [2.75, 3.05) is 7.11 Å². The van der Waals surface area contributed by atoms with Gasteiger partial charge in [-0.3, -0.25) is 0 Å².